The number of hydrogen-bond donors (Lipinski definition) is 0. The van der Waals surface area contributed by atoms with Crippen LogP contribution in [0.1, 0.15) is 31.1 Å². The summed E-state index contributed by atoms with van der Waals surface area (Å²) in [7, 11) is 0. The van der Waals surface area contributed by atoms with Crippen molar-refractivity contribution >= 4 is 41.1 Å². The lowest BCUT2D eigenvalue weighted by molar-refractivity contribution is -0.142. The number of benzene rings is 1. The summed E-state index contributed by atoms with van der Waals surface area (Å²) in [5.41, 5.74) is 2.70. The van der Waals surface area contributed by atoms with Crippen molar-refractivity contribution in [3.05, 3.63) is 52.6 Å². The summed E-state index contributed by atoms with van der Waals surface area (Å²) >= 11 is 8.85. The Morgan fingerprint density at radius 1 is 1.17 bits per heavy atom. The highest BCUT2D eigenvalue weighted by Gasteiger charge is 2.22. The van der Waals surface area contributed by atoms with Crippen LogP contribution in [0, 0.1) is 13.8 Å². The van der Waals surface area contributed by atoms with Gasteiger partial charge in [-0.2, -0.15) is 0 Å². The standard InChI is InChI=1S/C20H22ClN5O2S2/c1-5-28-18(27)14(4)30-20-25-24-17(26(20)16-8-6-15(21)7-9-16)11-29-19-22-12(2)10-13(3)23-19/h6-10,14H,5,11H2,1-4H3/t14-/m0/s1. The smallest absolute Gasteiger partial charge is 0.319 e. The highest BCUT2D eigenvalue weighted by molar-refractivity contribution is 8.00. The summed E-state index contributed by atoms with van der Waals surface area (Å²) in [4.78, 5) is 21.0. The lowest BCUT2D eigenvalue weighted by atomic mass is 10.3. The fourth-order valence-electron chi connectivity index (χ4n) is 2.67. The molecule has 30 heavy (non-hydrogen) atoms. The van der Waals surface area contributed by atoms with Gasteiger partial charge in [0.15, 0.2) is 10.3 Å². The first-order valence-corrected chi connectivity index (χ1v) is 11.6. The maximum atomic E-state index is 12.1. The van der Waals surface area contributed by atoms with Crippen molar-refractivity contribution < 1.29 is 9.53 Å². The van der Waals surface area contributed by atoms with Gasteiger partial charge in [0, 0.05) is 22.1 Å². The number of aryl methyl sites for hydroxylation is 2. The Balaban J connectivity index is 1.89. The van der Waals surface area contributed by atoms with Crippen LogP contribution >= 0.6 is 35.1 Å². The molecule has 2 heterocycles. The maximum Gasteiger partial charge on any atom is 0.319 e. The van der Waals surface area contributed by atoms with E-state index in [1.165, 1.54) is 23.5 Å². The van der Waals surface area contributed by atoms with E-state index in [0.717, 1.165) is 22.9 Å². The third kappa shape index (κ3) is 5.74. The van der Waals surface area contributed by atoms with E-state index in [4.69, 9.17) is 16.3 Å². The number of carbonyl (C=O) groups is 1. The number of carbonyl (C=O) groups excluding carboxylic acids is 1. The molecule has 3 rings (SSSR count). The second-order valence-electron chi connectivity index (χ2n) is 6.44. The number of ether oxygens (including phenoxy) is 1. The molecule has 0 amide bonds. The van der Waals surface area contributed by atoms with Crippen LogP contribution in [0.2, 0.25) is 5.02 Å². The Morgan fingerprint density at radius 2 is 1.83 bits per heavy atom. The molecule has 0 unspecified atom stereocenters. The molecular formula is C20H22ClN5O2S2. The number of nitrogens with zero attached hydrogens (tertiary/aromatic N) is 5. The van der Waals surface area contributed by atoms with E-state index in [0.29, 0.717) is 27.7 Å². The summed E-state index contributed by atoms with van der Waals surface area (Å²) in [6.07, 6.45) is 0. The number of thioether (sulfide) groups is 2. The average Bonchev–Trinajstić information content (AvgIpc) is 3.09. The van der Waals surface area contributed by atoms with Gasteiger partial charge in [-0.15, -0.1) is 10.2 Å². The highest BCUT2D eigenvalue weighted by Crippen LogP contribution is 2.29. The normalized spacial score (nSPS) is 12.0. The second kappa shape index (κ2) is 10.3. The van der Waals surface area contributed by atoms with Gasteiger partial charge < -0.3 is 4.74 Å². The number of hydrogen-bond acceptors (Lipinski definition) is 8. The average molecular weight is 464 g/mol. The molecule has 158 valence electrons. The molecular weight excluding hydrogens is 442 g/mol. The highest BCUT2D eigenvalue weighted by atomic mass is 35.5. The molecule has 0 saturated carbocycles. The summed E-state index contributed by atoms with van der Waals surface area (Å²) < 4.78 is 7.04. The van der Waals surface area contributed by atoms with Crippen LogP contribution in [0.15, 0.2) is 40.6 Å². The van der Waals surface area contributed by atoms with Crippen LogP contribution in [0.5, 0.6) is 0 Å². The van der Waals surface area contributed by atoms with E-state index in [2.05, 4.69) is 20.2 Å². The van der Waals surface area contributed by atoms with Gasteiger partial charge >= 0.3 is 5.97 Å². The second-order valence-corrected chi connectivity index (χ2v) is 9.13. The van der Waals surface area contributed by atoms with Gasteiger partial charge in [-0.1, -0.05) is 35.1 Å². The van der Waals surface area contributed by atoms with Gasteiger partial charge in [-0.3, -0.25) is 9.36 Å². The Bertz CT molecular complexity index is 1010. The number of halogens is 1. The first kappa shape index (κ1) is 22.6. The SMILES string of the molecule is CCOC(=O)[C@H](C)Sc1nnc(CSc2nc(C)cc(C)n2)n1-c1ccc(Cl)cc1. The molecule has 1 aromatic carbocycles. The van der Waals surface area contributed by atoms with E-state index in [9.17, 15) is 4.79 Å². The molecule has 0 fully saturated rings. The van der Waals surface area contributed by atoms with Crippen LogP contribution in [0.3, 0.4) is 0 Å². The predicted molar refractivity (Wildman–Crippen MR) is 119 cm³/mol. The molecule has 0 aliphatic carbocycles. The van der Waals surface area contributed by atoms with Crippen molar-refractivity contribution in [2.75, 3.05) is 6.61 Å². The van der Waals surface area contributed by atoms with Gasteiger partial charge in [0.1, 0.15) is 11.1 Å². The minimum atomic E-state index is -0.413. The molecule has 10 heteroatoms. The monoisotopic (exact) mass is 463 g/mol. The van der Waals surface area contributed by atoms with Crippen LogP contribution < -0.4 is 0 Å². The Kier molecular flexibility index (Phi) is 7.74. The lowest BCUT2D eigenvalue weighted by Crippen LogP contribution is -2.17. The van der Waals surface area contributed by atoms with Crippen LogP contribution in [0.4, 0.5) is 0 Å². The van der Waals surface area contributed by atoms with E-state index < -0.39 is 5.25 Å². The summed E-state index contributed by atoms with van der Waals surface area (Å²) in [6.45, 7) is 7.81. The topological polar surface area (TPSA) is 82.8 Å². The van der Waals surface area contributed by atoms with Crippen LogP contribution in [-0.2, 0) is 15.3 Å². The van der Waals surface area contributed by atoms with Gasteiger partial charge in [-0.05, 0) is 58.0 Å². The molecule has 1 atom stereocenters. The number of aromatic nitrogens is 5. The summed E-state index contributed by atoms with van der Waals surface area (Å²) in [6, 6.07) is 9.35. The molecule has 0 saturated heterocycles. The van der Waals surface area contributed by atoms with Crippen molar-refractivity contribution in [2.45, 2.75) is 49.0 Å². The zero-order valence-electron chi connectivity index (χ0n) is 17.1. The molecule has 0 aliphatic heterocycles. The lowest BCUT2D eigenvalue weighted by Gasteiger charge is -2.13. The van der Waals surface area contributed by atoms with E-state index in [1.807, 2.05) is 48.7 Å². The van der Waals surface area contributed by atoms with Crippen LogP contribution in [0.25, 0.3) is 5.69 Å². The van der Waals surface area contributed by atoms with E-state index >= 15 is 0 Å². The zero-order chi connectivity index (χ0) is 21.7. The van der Waals surface area contributed by atoms with Gasteiger partial charge in [0.25, 0.3) is 0 Å². The van der Waals surface area contributed by atoms with Crippen molar-refractivity contribution in [2.24, 2.45) is 0 Å². The van der Waals surface area contributed by atoms with Crippen molar-refractivity contribution in [1.82, 2.24) is 24.7 Å². The largest absolute Gasteiger partial charge is 0.465 e. The molecule has 0 spiro atoms. The number of rotatable bonds is 8. The summed E-state index contributed by atoms with van der Waals surface area (Å²) in [5, 5.41) is 10.2. The third-order valence-electron chi connectivity index (χ3n) is 3.98. The molecule has 7 nitrogen and oxygen atoms in total. The van der Waals surface area contributed by atoms with Crippen molar-refractivity contribution in [3.63, 3.8) is 0 Å². The fraction of sp³-hybridized carbons (Fsp3) is 0.350. The Labute approximate surface area is 189 Å². The first-order valence-electron chi connectivity index (χ1n) is 9.36. The predicted octanol–water partition coefficient (Wildman–Crippen LogP) is 4.66. The van der Waals surface area contributed by atoms with Crippen molar-refractivity contribution in [3.8, 4) is 5.69 Å². The summed E-state index contributed by atoms with van der Waals surface area (Å²) in [5.74, 6) is 0.962. The Hall–Kier alpha value is -2.10. The third-order valence-corrected chi connectivity index (χ3v) is 6.09. The molecule has 0 aliphatic rings. The minimum absolute atomic E-state index is 0.285. The molecule has 0 N–H and O–H groups in total. The fourth-order valence-corrected chi connectivity index (χ4v) is 4.55. The maximum absolute atomic E-state index is 12.1. The van der Waals surface area contributed by atoms with Crippen LogP contribution in [-0.4, -0.2) is 42.6 Å². The van der Waals surface area contributed by atoms with Gasteiger partial charge in [0.2, 0.25) is 0 Å². The number of esters is 1. The van der Waals surface area contributed by atoms with Crippen molar-refractivity contribution in [1.29, 1.82) is 0 Å². The van der Waals surface area contributed by atoms with Gasteiger partial charge in [-0.25, -0.2) is 9.97 Å². The molecule has 3 aromatic rings. The van der Waals surface area contributed by atoms with Gasteiger partial charge in [0.05, 0.1) is 12.4 Å². The zero-order valence-corrected chi connectivity index (χ0v) is 19.5. The molecule has 0 radical (unpaired) electrons. The van der Waals surface area contributed by atoms with E-state index in [-0.39, 0.29) is 5.97 Å². The van der Waals surface area contributed by atoms with E-state index in [1.54, 1.807) is 13.8 Å². The Morgan fingerprint density at radius 3 is 2.47 bits per heavy atom. The minimum Gasteiger partial charge on any atom is -0.465 e. The first-order chi connectivity index (χ1) is 14.4. The quantitative estimate of drug-likeness (QED) is 0.271. The molecule has 0 bridgehead atoms. The molecule has 2 aromatic heterocycles.